The lowest BCUT2D eigenvalue weighted by Gasteiger charge is -2.22. The molecule has 3 rings (SSSR count). The zero-order chi connectivity index (χ0) is 14.5. The molecule has 21 heavy (non-hydrogen) atoms. The summed E-state index contributed by atoms with van der Waals surface area (Å²) in [6.07, 6.45) is 5.68. The van der Waals surface area contributed by atoms with Gasteiger partial charge in [-0.1, -0.05) is 18.2 Å². The summed E-state index contributed by atoms with van der Waals surface area (Å²) in [4.78, 5) is 18.3. The van der Waals surface area contributed by atoms with Gasteiger partial charge in [0.2, 0.25) is 0 Å². The quantitative estimate of drug-likeness (QED) is 0.818. The van der Waals surface area contributed by atoms with E-state index in [9.17, 15) is 4.79 Å². The zero-order valence-electron chi connectivity index (χ0n) is 11.8. The van der Waals surface area contributed by atoms with E-state index in [4.69, 9.17) is 4.74 Å². The summed E-state index contributed by atoms with van der Waals surface area (Å²) in [5.74, 6) is 0.767. The monoisotopic (exact) mass is 282 g/mol. The molecule has 0 N–H and O–H groups in total. The highest BCUT2D eigenvalue weighted by atomic mass is 16.5. The van der Waals surface area contributed by atoms with Gasteiger partial charge in [-0.2, -0.15) is 0 Å². The molecule has 0 saturated heterocycles. The normalized spacial score (nSPS) is 13.7. The van der Waals surface area contributed by atoms with Crippen LogP contribution in [0.25, 0.3) is 0 Å². The Bertz CT molecular complexity index is 582. The molecule has 0 radical (unpaired) electrons. The number of amides is 1. The summed E-state index contributed by atoms with van der Waals surface area (Å²) >= 11 is 0. The molecule has 0 spiro atoms. The van der Waals surface area contributed by atoms with E-state index in [1.165, 1.54) is 0 Å². The molecule has 1 aliphatic carbocycles. The van der Waals surface area contributed by atoms with Crippen LogP contribution >= 0.6 is 0 Å². The van der Waals surface area contributed by atoms with Crippen molar-refractivity contribution >= 4 is 5.91 Å². The molecule has 4 heteroatoms. The van der Waals surface area contributed by atoms with E-state index in [0.29, 0.717) is 12.6 Å². The van der Waals surface area contributed by atoms with E-state index < -0.39 is 0 Å². The average molecular weight is 282 g/mol. The number of rotatable bonds is 6. The van der Waals surface area contributed by atoms with Crippen molar-refractivity contribution in [3.63, 3.8) is 0 Å². The zero-order valence-corrected chi connectivity index (χ0v) is 11.8. The van der Waals surface area contributed by atoms with Crippen molar-refractivity contribution in [2.75, 3.05) is 6.61 Å². The molecule has 0 bridgehead atoms. The maximum Gasteiger partial charge on any atom is 0.261 e. The van der Waals surface area contributed by atoms with Crippen LogP contribution in [0.4, 0.5) is 0 Å². The highest BCUT2D eigenvalue weighted by Crippen LogP contribution is 2.28. The van der Waals surface area contributed by atoms with E-state index in [-0.39, 0.29) is 12.5 Å². The van der Waals surface area contributed by atoms with Crippen LogP contribution in [-0.2, 0) is 11.3 Å². The smallest absolute Gasteiger partial charge is 0.261 e. The average Bonchev–Trinajstić information content (AvgIpc) is 3.37. The van der Waals surface area contributed by atoms with Gasteiger partial charge >= 0.3 is 0 Å². The van der Waals surface area contributed by atoms with Crippen molar-refractivity contribution in [2.45, 2.75) is 25.4 Å². The van der Waals surface area contributed by atoms with Gasteiger partial charge in [0.25, 0.3) is 5.91 Å². The third-order valence-corrected chi connectivity index (χ3v) is 3.52. The number of para-hydroxylation sites is 1. The first-order chi connectivity index (χ1) is 10.3. The van der Waals surface area contributed by atoms with Gasteiger partial charge in [-0.25, -0.2) is 0 Å². The van der Waals surface area contributed by atoms with Crippen LogP contribution in [0.5, 0.6) is 5.75 Å². The van der Waals surface area contributed by atoms with E-state index in [1.54, 1.807) is 12.4 Å². The van der Waals surface area contributed by atoms with Crippen molar-refractivity contribution < 1.29 is 9.53 Å². The minimum absolute atomic E-state index is 0.0400. The van der Waals surface area contributed by atoms with Gasteiger partial charge in [0.1, 0.15) is 5.75 Å². The molecule has 1 amide bonds. The number of carbonyl (C=O) groups is 1. The number of hydrogen-bond acceptors (Lipinski definition) is 3. The molecule has 4 nitrogen and oxygen atoms in total. The van der Waals surface area contributed by atoms with Gasteiger partial charge in [0.15, 0.2) is 6.61 Å². The van der Waals surface area contributed by atoms with Gasteiger partial charge < -0.3 is 9.64 Å². The van der Waals surface area contributed by atoms with Crippen molar-refractivity contribution in [2.24, 2.45) is 0 Å². The molecule has 108 valence electrons. The van der Waals surface area contributed by atoms with Crippen LogP contribution in [0, 0.1) is 0 Å². The molecule has 1 aliphatic rings. The Kier molecular flexibility index (Phi) is 4.15. The number of ether oxygens (including phenoxy) is 1. The standard InChI is InChI=1S/C17H18N2O2/c20-17(13-21-16-4-2-1-3-5-16)19(15-6-7-15)12-14-8-10-18-11-9-14/h1-5,8-11,15H,6-7,12-13H2. The summed E-state index contributed by atoms with van der Waals surface area (Å²) in [6, 6.07) is 13.7. The fourth-order valence-electron chi connectivity index (χ4n) is 2.24. The SMILES string of the molecule is O=C(COc1ccccc1)N(Cc1ccncc1)C1CC1. The first-order valence-electron chi connectivity index (χ1n) is 7.19. The second-order valence-corrected chi connectivity index (χ2v) is 5.21. The van der Waals surface area contributed by atoms with Gasteiger partial charge in [-0.3, -0.25) is 9.78 Å². The van der Waals surface area contributed by atoms with E-state index in [1.807, 2.05) is 47.4 Å². The predicted octanol–water partition coefficient (Wildman–Crippen LogP) is 2.65. The molecular weight excluding hydrogens is 264 g/mol. The Morgan fingerprint density at radius 1 is 1.14 bits per heavy atom. The van der Waals surface area contributed by atoms with Gasteiger partial charge in [-0.15, -0.1) is 0 Å². The first-order valence-corrected chi connectivity index (χ1v) is 7.19. The summed E-state index contributed by atoms with van der Waals surface area (Å²) < 4.78 is 5.56. The molecule has 1 heterocycles. The van der Waals surface area contributed by atoms with Crippen LogP contribution in [0.3, 0.4) is 0 Å². The summed E-state index contributed by atoms with van der Waals surface area (Å²) in [6.45, 7) is 0.718. The second-order valence-electron chi connectivity index (χ2n) is 5.21. The van der Waals surface area contributed by atoms with Crippen molar-refractivity contribution in [1.29, 1.82) is 0 Å². The molecule has 0 atom stereocenters. The molecule has 1 saturated carbocycles. The maximum atomic E-state index is 12.4. The van der Waals surface area contributed by atoms with Crippen molar-refractivity contribution in [3.8, 4) is 5.75 Å². The number of benzene rings is 1. The number of nitrogens with zero attached hydrogens (tertiary/aromatic N) is 2. The summed E-state index contributed by atoms with van der Waals surface area (Å²) in [5.41, 5.74) is 1.10. The minimum Gasteiger partial charge on any atom is -0.484 e. The van der Waals surface area contributed by atoms with Gasteiger partial charge in [0, 0.05) is 25.0 Å². The number of carbonyl (C=O) groups excluding carboxylic acids is 1. The van der Waals surface area contributed by atoms with Crippen LogP contribution in [-0.4, -0.2) is 28.4 Å². The lowest BCUT2D eigenvalue weighted by atomic mass is 10.2. The molecule has 0 unspecified atom stereocenters. The number of pyridine rings is 1. The third kappa shape index (κ3) is 3.81. The lowest BCUT2D eigenvalue weighted by molar-refractivity contribution is -0.134. The van der Waals surface area contributed by atoms with E-state index in [2.05, 4.69) is 4.98 Å². The first kappa shape index (κ1) is 13.6. The topological polar surface area (TPSA) is 42.4 Å². The minimum atomic E-state index is 0.0400. The van der Waals surface area contributed by atoms with E-state index >= 15 is 0 Å². The lowest BCUT2D eigenvalue weighted by Crippen LogP contribution is -2.36. The largest absolute Gasteiger partial charge is 0.484 e. The molecule has 1 aromatic carbocycles. The van der Waals surface area contributed by atoms with Crippen LogP contribution in [0.2, 0.25) is 0 Å². The fraction of sp³-hybridized carbons (Fsp3) is 0.294. The van der Waals surface area contributed by atoms with Crippen LogP contribution in [0.1, 0.15) is 18.4 Å². The van der Waals surface area contributed by atoms with E-state index in [0.717, 1.165) is 24.2 Å². The highest BCUT2D eigenvalue weighted by molar-refractivity contribution is 5.78. The van der Waals surface area contributed by atoms with Gasteiger partial charge in [0.05, 0.1) is 0 Å². The van der Waals surface area contributed by atoms with Crippen LogP contribution in [0.15, 0.2) is 54.9 Å². The fourth-order valence-corrected chi connectivity index (χ4v) is 2.24. The Morgan fingerprint density at radius 3 is 2.52 bits per heavy atom. The Balaban J connectivity index is 1.60. The third-order valence-electron chi connectivity index (χ3n) is 3.52. The van der Waals surface area contributed by atoms with Gasteiger partial charge in [-0.05, 0) is 42.7 Å². The molecule has 1 fully saturated rings. The molecule has 1 aromatic heterocycles. The van der Waals surface area contributed by atoms with Crippen molar-refractivity contribution in [1.82, 2.24) is 9.88 Å². The Labute approximate surface area is 124 Å². The number of hydrogen-bond donors (Lipinski definition) is 0. The Hall–Kier alpha value is -2.36. The molecule has 0 aliphatic heterocycles. The van der Waals surface area contributed by atoms with Crippen molar-refractivity contribution in [3.05, 3.63) is 60.4 Å². The van der Waals surface area contributed by atoms with Crippen LogP contribution < -0.4 is 4.74 Å². The highest BCUT2D eigenvalue weighted by Gasteiger charge is 2.32. The predicted molar refractivity (Wildman–Crippen MR) is 79.7 cm³/mol. The molecular formula is C17H18N2O2. The summed E-state index contributed by atoms with van der Waals surface area (Å²) in [5, 5.41) is 0. The summed E-state index contributed by atoms with van der Waals surface area (Å²) in [7, 11) is 0. The Morgan fingerprint density at radius 2 is 1.86 bits per heavy atom. The molecule has 2 aromatic rings. The second kappa shape index (κ2) is 6.39. The number of aromatic nitrogens is 1. The maximum absolute atomic E-state index is 12.4.